The zero-order valence-corrected chi connectivity index (χ0v) is 17.7. The van der Waals surface area contributed by atoms with Crippen molar-refractivity contribution in [1.29, 1.82) is 0 Å². The van der Waals surface area contributed by atoms with Crippen molar-refractivity contribution < 1.29 is 18.8 Å². The molecule has 2 fully saturated rings. The summed E-state index contributed by atoms with van der Waals surface area (Å²) in [6.07, 6.45) is 2.71. The molecular weight excluding hydrogens is 360 g/mol. The fourth-order valence-corrected chi connectivity index (χ4v) is 3.91. The van der Waals surface area contributed by atoms with E-state index in [4.69, 9.17) is 9.26 Å². The predicted octanol–water partition coefficient (Wildman–Crippen LogP) is 3.12. The van der Waals surface area contributed by atoms with Crippen molar-refractivity contribution >= 4 is 12.0 Å². The molecule has 0 radical (unpaired) electrons. The number of aromatic nitrogens is 2. The van der Waals surface area contributed by atoms with Crippen molar-refractivity contribution in [1.82, 2.24) is 19.9 Å². The zero-order valence-electron chi connectivity index (χ0n) is 17.7. The van der Waals surface area contributed by atoms with E-state index in [1.807, 2.05) is 39.5 Å². The van der Waals surface area contributed by atoms with Gasteiger partial charge in [0.25, 0.3) is 0 Å². The van der Waals surface area contributed by atoms with Gasteiger partial charge in [-0.15, -0.1) is 0 Å². The number of piperidine rings is 2. The maximum Gasteiger partial charge on any atom is 0.410 e. The van der Waals surface area contributed by atoms with Gasteiger partial charge in [-0.1, -0.05) is 12.1 Å². The van der Waals surface area contributed by atoms with Gasteiger partial charge < -0.3 is 19.1 Å². The van der Waals surface area contributed by atoms with Crippen LogP contribution in [-0.4, -0.2) is 63.7 Å². The molecular formula is C20H32N4O4. The van der Waals surface area contributed by atoms with Crippen LogP contribution in [0, 0.1) is 12.3 Å². The summed E-state index contributed by atoms with van der Waals surface area (Å²) < 4.78 is 10.7. The van der Waals surface area contributed by atoms with Gasteiger partial charge in [-0.25, -0.2) is 4.79 Å². The maximum atomic E-state index is 13.2. The number of carbonyl (C=O) groups excluding carboxylic acids is 2. The Morgan fingerprint density at radius 3 is 2.21 bits per heavy atom. The number of hydrogen-bond acceptors (Lipinski definition) is 6. The predicted molar refractivity (Wildman–Crippen MR) is 103 cm³/mol. The number of hydrogen-bond donors (Lipinski definition) is 0. The molecule has 3 rings (SSSR count). The molecule has 1 aromatic heterocycles. The van der Waals surface area contributed by atoms with Crippen LogP contribution in [0.4, 0.5) is 4.79 Å². The highest BCUT2D eigenvalue weighted by Gasteiger charge is 2.42. The second kappa shape index (κ2) is 7.72. The van der Waals surface area contributed by atoms with Crippen LogP contribution >= 0.6 is 0 Å². The number of likely N-dealkylation sites (tertiary alicyclic amines) is 2. The van der Waals surface area contributed by atoms with Crippen LogP contribution in [0.1, 0.15) is 71.0 Å². The van der Waals surface area contributed by atoms with Gasteiger partial charge in [0.1, 0.15) is 5.60 Å². The largest absolute Gasteiger partial charge is 0.444 e. The molecule has 0 saturated carbocycles. The maximum absolute atomic E-state index is 13.2. The first kappa shape index (κ1) is 20.6. The lowest BCUT2D eigenvalue weighted by molar-refractivity contribution is -0.145. The van der Waals surface area contributed by atoms with Crippen LogP contribution in [-0.2, 0) is 9.53 Å². The molecule has 0 aromatic carbocycles. The third kappa shape index (κ3) is 4.64. The molecule has 1 aromatic rings. The topological polar surface area (TPSA) is 88.8 Å². The summed E-state index contributed by atoms with van der Waals surface area (Å²) in [4.78, 5) is 33.4. The Bertz CT molecular complexity index is 708. The molecule has 156 valence electrons. The van der Waals surface area contributed by atoms with Crippen LogP contribution < -0.4 is 0 Å². The van der Waals surface area contributed by atoms with E-state index in [-0.39, 0.29) is 17.9 Å². The number of rotatable bonds is 2. The summed E-state index contributed by atoms with van der Waals surface area (Å²) in [6.45, 7) is 11.9. The molecule has 3 heterocycles. The minimum Gasteiger partial charge on any atom is -0.444 e. The minimum absolute atomic E-state index is 0.191. The van der Waals surface area contributed by atoms with Gasteiger partial charge in [-0.3, -0.25) is 4.79 Å². The Balaban J connectivity index is 1.52. The van der Waals surface area contributed by atoms with Crippen molar-refractivity contribution in [2.45, 2.75) is 71.8 Å². The van der Waals surface area contributed by atoms with Gasteiger partial charge in [0.2, 0.25) is 11.8 Å². The van der Waals surface area contributed by atoms with E-state index >= 15 is 0 Å². The molecule has 0 N–H and O–H groups in total. The van der Waals surface area contributed by atoms with Gasteiger partial charge >= 0.3 is 6.09 Å². The lowest BCUT2D eigenvalue weighted by atomic mass is 9.78. The van der Waals surface area contributed by atoms with Crippen LogP contribution in [0.3, 0.4) is 0 Å². The number of ether oxygens (including phenoxy) is 1. The SMILES string of the molecule is Cc1noc(C2CCN(C(=O)C3(C)CCN(C(=O)OC(C)(C)C)CC3)CC2)n1. The quantitative estimate of drug-likeness (QED) is 0.768. The van der Waals surface area contributed by atoms with Gasteiger partial charge in [0, 0.05) is 37.5 Å². The van der Waals surface area contributed by atoms with Crippen molar-refractivity contribution in [3.05, 3.63) is 11.7 Å². The van der Waals surface area contributed by atoms with E-state index in [9.17, 15) is 9.59 Å². The van der Waals surface area contributed by atoms with E-state index in [1.54, 1.807) is 4.90 Å². The van der Waals surface area contributed by atoms with Crippen LogP contribution in [0.2, 0.25) is 0 Å². The average Bonchev–Trinajstić information content (AvgIpc) is 3.07. The molecule has 8 heteroatoms. The second-order valence-corrected chi connectivity index (χ2v) is 9.27. The molecule has 2 aliphatic rings. The van der Waals surface area contributed by atoms with E-state index in [0.29, 0.717) is 50.7 Å². The van der Waals surface area contributed by atoms with Crippen molar-refractivity contribution in [2.75, 3.05) is 26.2 Å². The van der Waals surface area contributed by atoms with Gasteiger partial charge in [0.15, 0.2) is 5.82 Å². The Morgan fingerprint density at radius 1 is 1.11 bits per heavy atom. The Morgan fingerprint density at radius 2 is 1.71 bits per heavy atom. The number of amides is 2. The molecule has 0 atom stereocenters. The van der Waals surface area contributed by atoms with Gasteiger partial charge in [-0.05, 0) is 53.4 Å². The molecule has 0 aliphatic carbocycles. The lowest BCUT2D eigenvalue weighted by Crippen LogP contribution is -2.52. The van der Waals surface area contributed by atoms with Crippen molar-refractivity contribution in [3.8, 4) is 0 Å². The summed E-state index contributed by atoms with van der Waals surface area (Å²) in [5, 5.41) is 3.86. The first-order valence-corrected chi connectivity index (χ1v) is 10.1. The molecule has 0 unspecified atom stereocenters. The standard InChI is InChI=1S/C20H32N4O4/c1-14-21-16(28-22-14)15-6-10-23(11-7-15)17(25)20(5)8-12-24(13-9-20)18(26)27-19(2,3)4/h15H,6-13H2,1-5H3. The highest BCUT2D eigenvalue weighted by molar-refractivity contribution is 5.83. The molecule has 2 saturated heterocycles. The lowest BCUT2D eigenvalue weighted by Gasteiger charge is -2.42. The average molecular weight is 393 g/mol. The first-order valence-electron chi connectivity index (χ1n) is 10.1. The minimum atomic E-state index is -0.505. The molecule has 2 amide bonds. The first-order chi connectivity index (χ1) is 13.1. The Hall–Kier alpha value is -2.12. The van der Waals surface area contributed by atoms with E-state index in [2.05, 4.69) is 10.1 Å². The number of carbonyl (C=O) groups is 2. The fraction of sp³-hybridized carbons (Fsp3) is 0.800. The van der Waals surface area contributed by atoms with E-state index < -0.39 is 11.0 Å². The molecule has 8 nitrogen and oxygen atoms in total. The van der Waals surface area contributed by atoms with Crippen LogP contribution in [0.5, 0.6) is 0 Å². The van der Waals surface area contributed by atoms with Gasteiger partial charge in [0.05, 0.1) is 0 Å². The zero-order chi connectivity index (χ0) is 20.5. The summed E-state index contributed by atoms with van der Waals surface area (Å²) in [5.74, 6) is 1.75. The summed E-state index contributed by atoms with van der Waals surface area (Å²) in [7, 11) is 0. The van der Waals surface area contributed by atoms with Crippen LogP contribution in [0.25, 0.3) is 0 Å². The van der Waals surface area contributed by atoms with Crippen molar-refractivity contribution in [3.63, 3.8) is 0 Å². The summed E-state index contributed by atoms with van der Waals surface area (Å²) >= 11 is 0. The van der Waals surface area contributed by atoms with Crippen LogP contribution in [0.15, 0.2) is 4.52 Å². The summed E-state index contributed by atoms with van der Waals surface area (Å²) in [5.41, 5.74) is -0.929. The molecule has 0 spiro atoms. The second-order valence-electron chi connectivity index (χ2n) is 9.27. The smallest absolute Gasteiger partial charge is 0.410 e. The number of nitrogens with zero attached hydrogens (tertiary/aromatic N) is 4. The molecule has 0 bridgehead atoms. The van der Waals surface area contributed by atoms with E-state index in [0.717, 1.165) is 12.8 Å². The van der Waals surface area contributed by atoms with E-state index in [1.165, 1.54) is 0 Å². The Labute approximate surface area is 166 Å². The normalized spacial score (nSPS) is 20.9. The molecule has 28 heavy (non-hydrogen) atoms. The third-order valence-corrected chi connectivity index (χ3v) is 5.71. The fourth-order valence-electron chi connectivity index (χ4n) is 3.91. The van der Waals surface area contributed by atoms with Gasteiger partial charge in [-0.2, -0.15) is 4.98 Å². The van der Waals surface area contributed by atoms with Crippen molar-refractivity contribution in [2.24, 2.45) is 5.41 Å². The Kier molecular flexibility index (Phi) is 5.68. The number of aryl methyl sites for hydroxylation is 1. The monoisotopic (exact) mass is 392 g/mol. The highest BCUT2D eigenvalue weighted by Crippen LogP contribution is 2.36. The molecule has 2 aliphatic heterocycles. The third-order valence-electron chi connectivity index (χ3n) is 5.71. The summed E-state index contributed by atoms with van der Waals surface area (Å²) in [6, 6.07) is 0. The highest BCUT2D eigenvalue weighted by atomic mass is 16.6.